The van der Waals surface area contributed by atoms with Gasteiger partial charge in [0.2, 0.25) is 0 Å². The largest absolute Gasteiger partial charge is 0.476 e. The van der Waals surface area contributed by atoms with Crippen molar-refractivity contribution in [3.8, 4) is 11.3 Å². The van der Waals surface area contributed by atoms with Crippen LogP contribution in [0.25, 0.3) is 11.3 Å². The second-order valence-electron chi connectivity index (χ2n) is 4.11. The van der Waals surface area contributed by atoms with E-state index in [0.717, 1.165) is 11.1 Å². The molecule has 0 aliphatic rings. The highest BCUT2D eigenvalue weighted by atomic mass is 16.5. The number of methoxy groups -OCH3 is 1. The van der Waals surface area contributed by atoms with Gasteiger partial charge in [0, 0.05) is 12.7 Å². The predicted molar refractivity (Wildman–Crippen MR) is 69.9 cm³/mol. The van der Waals surface area contributed by atoms with Crippen LogP contribution in [0.2, 0.25) is 0 Å². The summed E-state index contributed by atoms with van der Waals surface area (Å²) in [6.45, 7) is 1.96. The van der Waals surface area contributed by atoms with Crippen LogP contribution < -0.4 is 0 Å². The maximum Gasteiger partial charge on any atom is 0.356 e. The van der Waals surface area contributed by atoms with Gasteiger partial charge in [-0.05, 0) is 30.7 Å². The van der Waals surface area contributed by atoms with Crippen molar-refractivity contribution in [2.24, 2.45) is 0 Å². The third-order valence-corrected chi connectivity index (χ3v) is 2.89. The van der Waals surface area contributed by atoms with Gasteiger partial charge in [0.05, 0.1) is 11.8 Å². The Balaban J connectivity index is 2.33. The maximum absolute atomic E-state index is 10.7. The van der Waals surface area contributed by atoms with Crippen LogP contribution in [0, 0.1) is 0 Å². The van der Waals surface area contributed by atoms with Gasteiger partial charge in [-0.15, -0.1) is 10.2 Å². The number of hydrogen-bond donors (Lipinski definition) is 1. The number of nitrogens with zero attached hydrogens (tertiary/aromatic N) is 2. The van der Waals surface area contributed by atoms with E-state index in [9.17, 15) is 4.79 Å². The standard InChI is InChI=1S/C14H14N2O3/c1-9(19-2)10-4-3-5-11(8-10)12-6-7-13(14(17)18)16-15-12/h3-9H,1-2H3,(H,17,18). The van der Waals surface area contributed by atoms with Crippen LogP contribution in [0.3, 0.4) is 0 Å². The molecule has 5 heteroatoms. The monoisotopic (exact) mass is 258 g/mol. The normalized spacial score (nSPS) is 12.1. The molecular weight excluding hydrogens is 244 g/mol. The van der Waals surface area contributed by atoms with E-state index < -0.39 is 5.97 Å². The highest BCUT2D eigenvalue weighted by molar-refractivity contribution is 5.85. The molecule has 19 heavy (non-hydrogen) atoms. The first-order valence-electron chi connectivity index (χ1n) is 5.82. The van der Waals surface area contributed by atoms with Crippen molar-refractivity contribution in [2.45, 2.75) is 13.0 Å². The van der Waals surface area contributed by atoms with Crippen molar-refractivity contribution in [1.29, 1.82) is 0 Å². The lowest BCUT2D eigenvalue weighted by atomic mass is 10.0. The number of carbonyl (C=O) groups is 1. The van der Waals surface area contributed by atoms with E-state index in [0.29, 0.717) is 5.69 Å². The Hall–Kier alpha value is -2.27. The quantitative estimate of drug-likeness (QED) is 0.912. The average Bonchev–Trinajstić information content (AvgIpc) is 2.46. The van der Waals surface area contributed by atoms with Crippen molar-refractivity contribution in [1.82, 2.24) is 10.2 Å². The molecule has 0 saturated carbocycles. The van der Waals surface area contributed by atoms with E-state index >= 15 is 0 Å². The summed E-state index contributed by atoms with van der Waals surface area (Å²) in [4.78, 5) is 10.7. The molecule has 2 rings (SSSR count). The summed E-state index contributed by atoms with van der Waals surface area (Å²) in [6, 6.07) is 10.8. The summed E-state index contributed by atoms with van der Waals surface area (Å²) in [6.07, 6.45) is -0.00815. The molecule has 0 radical (unpaired) electrons. The first kappa shape index (κ1) is 13.2. The van der Waals surface area contributed by atoms with Gasteiger partial charge in [-0.2, -0.15) is 0 Å². The van der Waals surface area contributed by atoms with Gasteiger partial charge in [-0.1, -0.05) is 18.2 Å². The fourth-order valence-electron chi connectivity index (χ4n) is 1.69. The van der Waals surface area contributed by atoms with E-state index in [1.807, 2.05) is 31.2 Å². The molecule has 0 saturated heterocycles. The van der Waals surface area contributed by atoms with Crippen LogP contribution in [0.5, 0.6) is 0 Å². The molecule has 1 heterocycles. The van der Waals surface area contributed by atoms with Crippen LogP contribution in [-0.4, -0.2) is 28.4 Å². The van der Waals surface area contributed by atoms with Gasteiger partial charge in [-0.25, -0.2) is 4.79 Å². The highest BCUT2D eigenvalue weighted by Gasteiger charge is 2.08. The molecule has 1 aromatic carbocycles. The predicted octanol–water partition coefficient (Wildman–Crippen LogP) is 2.55. The lowest BCUT2D eigenvalue weighted by Gasteiger charge is -2.10. The Morgan fingerprint density at radius 3 is 2.63 bits per heavy atom. The van der Waals surface area contributed by atoms with Crippen LogP contribution in [0.4, 0.5) is 0 Å². The SMILES string of the molecule is COC(C)c1cccc(-c2ccc(C(=O)O)nn2)c1. The first-order chi connectivity index (χ1) is 9.11. The zero-order valence-electron chi connectivity index (χ0n) is 10.7. The topological polar surface area (TPSA) is 72.3 Å². The molecule has 98 valence electrons. The van der Waals surface area contributed by atoms with Crippen LogP contribution in [0.15, 0.2) is 36.4 Å². The molecular formula is C14H14N2O3. The molecule has 5 nitrogen and oxygen atoms in total. The summed E-state index contributed by atoms with van der Waals surface area (Å²) in [5.41, 5.74) is 2.48. The number of rotatable bonds is 4. The first-order valence-corrected chi connectivity index (χ1v) is 5.82. The fraction of sp³-hybridized carbons (Fsp3) is 0.214. The summed E-state index contributed by atoms with van der Waals surface area (Å²) in [5.74, 6) is -1.08. The molecule has 0 fully saturated rings. The summed E-state index contributed by atoms with van der Waals surface area (Å²) in [5, 5.41) is 16.4. The number of aromatic carboxylic acids is 1. The second kappa shape index (κ2) is 5.58. The Morgan fingerprint density at radius 2 is 2.05 bits per heavy atom. The van der Waals surface area contributed by atoms with Crippen LogP contribution >= 0.6 is 0 Å². The smallest absolute Gasteiger partial charge is 0.356 e. The van der Waals surface area contributed by atoms with Crippen molar-refractivity contribution in [3.63, 3.8) is 0 Å². The maximum atomic E-state index is 10.7. The lowest BCUT2D eigenvalue weighted by Crippen LogP contribution is -2.02. The molecule has 0 bridgehead atoms. The lowest BCUT2D eigenvalue weighted by molar-refractivity contribution is 0.0689. The van der Waals surface area contributed by atoms with E-state index in [1.165, 1.54) is 6.07 Å². The van der Waals surface area contributed by atoms with E-state index in [4.69, 9.17) is 9.84 Å². The van der Waals surface area contributed by atoms with Gasteiger partial charge in [0.15, 0.2) is 5.69 Å². The number of benzene rings is 1. The molecule has 0 aliphatic carbocycles. The molecule has 0 amide bonds. The van der Waals surface area contributed by atoms with Crippen molar-refractivity contribution in [3.05, 3.63) is 47.7 Å². The van der Waals surface area contributed by atoms with Crippen molar-refractivity contribution < 1.29 is 14.6 Å². The Kier molecular flexibility index (Phi) is 3.87. The molecule has 1 unspecified atom stereocenters. The van der Waals surface area contributed by atoms with Gasteiger partial charge < -0.3 is 9.84 Å². The number of carboxylic acids is 1. The van der Waals surface area contributed by atoms with E-state index in [2.05, 4.69) is 10.2 Å². The molecule has 1 aromatic heterocycles. The van der Waals surface area contributed by atoms with Crippen LogP contribution in [-0.2, 0) is 4.74 Å². The third kappa shape index (κ3) is 2.95. The molecule has 2 aromatic rings. The number of ether oxygens (including phenoxy) is 1. The molecule has 1 N–H and O–H groups in total. The highest BCUT2D eigenvalue weighted by Crippen LogP contribution is 2.22. The Bertz CT molecular complexity index is 581. The molecule has 0 aliphatic heterocycles. The number of carboxylic acid groups (broad SMARTS) is 1. The Labute approximate surface area is 110 Å². The molecule has 1 atom stereocenters. The summed E-state index contributed by atoms with van der Waals surface area (Å²) < 4.78 is 5.26. The Morgan fingerprint density at radius 1 is 1.26 bits per heavy atom. The van der Waals surface area contributed by atoms with E-state index in [-0.39, 0.29) is 11.8 Å². The van der Waals surface area contributed by atoms with Gasteiger partial charge >= 0.3 is 5.97 Å². The van der Waals surface area contributed by atoms with Crippen molar-refractivity contribution in [2.75, 3.05) is 7.11 Å². The number of hydrogen-bond acceptors (Lipinski definition) is 4. The van der Waals surface area contributed by atoms with E-state index in [1.54, 1.807) is 13.2 Å². The minimum Gasteiger partial charge on any atom is -0.476 e. The minimum absolute atomic E-state index is 0.00815. The van der Waals surface area contributed by atoms with Crippen molar-refractivity contribution >= 4 is 5.97 Å². The minimum atomic E-state index is -1.08. The molecule has 0 spiro atoms. The average molecular weight is 258 g/mol. The zero-order valence-corrected chi connectivity index (χ0v) is 10.7. The fourth-order valence-corrected chi connectivity index (χ4v) is 1.69. The summed E-state index contributed by atoms with van der Waals surface area (Å²) >= 11 is 0. The number of aromatic nitrogens is 2. The van der Waals surface area contributed by atoms with Gasteiger partial charge in [-0.3, -0.25) is 0 Å². The third-order valence-electron chi connectivity index (χ3n) is 2.89. The van der Waals surface area contributed by atoms with Gasteiger partial charge in [0.1, 0.15) is 0 Å². The second-order valence-corrected chi connectivity index (χ2v) is 4.11. The summed E-state index contributed by atoms with van der Waals surface area (Å²) in [7, 11) is 1.65. The zero-order chi connectivity index (χ0) is 13.8. The van der Waals surface area contributed by atoms with Gasteiger partial charge in [0.25, 0.3) is 0 Å². The van der Waals surface area contributed by atoms with Crippen LogP contribution in [0.1, 0.15) is 29.1 Å².